The number of amides is 1. The molecule has 1 aromatic carbocycles. The lowest BCUT2D eigenvalue weighted by Gasteiger charge is -2.18. The van der Waals surface area contributed by atoms with Crippen molar-refractivity contribution in [3.63, 3.8) is 0 Å². The highest BCUT2D eigenvalue weighted by Crippen LogP contribution is 2.32. The molecule has 0 aliphatic carbocycles. The number of halogens is 3. The van der Waals surface area contributed by atoms with Crippen molar-refractivity contribution in [1.82, 2.24) is 4.90 Å². The lowest BCUT2D eigenvalue weighted by atomic mass is 10.3. The molecular formula is C12H15Cl3N2O2. The number of anilines is 1. The van der Waals surface area contributed by atoms with Crippen LogP contribution in [0.25, 0.3) is 0 Å². The van der Waals surface area contributed by atoms with E-state index in [1.807, 2.05) is 6.92 Å². The predicted molar refractivity (Wildman–Crippen MR) is 79.3 cm³/mol. The average molecular weight is 326 g/mol. The molecule has 1 amide bonds. The van der Waals surface area contributed by atoms with E-state index in [1.165, 1.54) is 12.1 Å². The fourth-order valence-corrected chi connectivity index (χ4v) is 2.10. The maximum absolute atomic E-state index is 11.8. The molecule has 0 fully saturated rings. The van der Waals surface area contributed by atoms with Gasteiger partial charge in [-0.3, -0.25) is 9.69 Å². The van der Waals surface area contributed by atoms with E-state index in [1.54, 1.807) is 4.90 Å². The molecule has 106 valence electrons. The highest BCUT2D eigenvalue weighted by atomic mass is 35.5. The zero-order valence-electron chi connectivity index (χ0n) is 10.4. The normalized spacial score (nSPS) is 10.8. The summed E-state index contributed by atoms with van der Waals surface area (Å²) in [5.41, 5.74) is 0.418. The number of hydrogen-bond donors (Lipinski definition) is 2. The van der Waals surface area contributed by atoms with Crippen LogP contribution in [0.15, 0.2) is 12.1 Å². The first kappa shape index (κ1) is 16.5. The van der Waals surface area contributed by atoms with Crippen molar-refractivity contribution in [3.05, 3.63) is 27.2 Å². The predicted octanol–water partition coefficient (Wildman–Crippen LogP) is 2.90. The molecule has 1 rings (SSSR count). The highest BCUT2D eigenvalue weighted by molar-refractivity contribution is 6.44. The minimum Gasteiger partial charge on any atom is -0.395 e. The second kappa shape index (κ2) is 7.92. The van der Waals surface area contributed by atoms with E-state index in [0.29, 0.717) is 33.8 Å². The molecule has 0 spiro atoms. The Balaban J connectivity index is 2.69. The fourth-order valence-electron chi connectivity index (χ4n) is 1.50. The van der Waals surface area contributed by atoms with Gasteiger partial charge in [0.15, 0.2) is 0 Å². The molecule has 0 aliphatic heterocycles. The number of carbonyl (C=O) groups excluding carboxylic acids is 1. The second-order valence-corrected chi connectivity index (χ2v) is 5.11. The van der Waals surface area contributed by atoms with E-state index in [-0.39, 0.29) is 19.1 Å². The summed E-state index contributed by atoms with van der Waals surface area (Å²) in [7, 11) is 0. The number of nitrogens with one attached hydrogen (secondary N) is 1. The third-order valence-electron chi connectivity index (χ3n) is 2.51. The van der Waals surface area contributed by atoms with Crippen LogP contribution in [-0.4, -0.2) is 42.2 Å². The summed E-state index contributed by atoms with van der Waals surface area (Å²) < 4.78 is 0. The molecule has 0 aromatic heterocycles. The Morgan fingerprint density at radius 2 is 1.89 bits per heavy atom. The van der Waals surface area contributed by atoms with Crippen molar-refractivity contribution in [1.29, 1.82) is 0 Å². The first-order valence-corrected chi connectivity index (χ1v) is 6.89. The van der Waals surface area contributed by atoms with Gasteiger partial charge in [-0.2, -0.15) is 0 Å². The topological polar surface area (TPSA) is 52.6 Å². The van der Waals surface area contributed by atoms with Gasteiger partial charge < -0.3 is 10.4 Å². The Morgan fingerprint density at radius 3 is 2.47 bits per heavy atom. The standard InChI is InChI=1S/C12H15Cl3N2O2/c1-2-17(3-4-18)7-12(19)16-11-6-9(14)8(13)5-10(11)15/h5-6,18H,2-4,7H2,1H3,(H,16,19). The maximum Gasteiger partial charge on any atom is 0.238 e. The summed E-state index contributed by atoms with van der Waals surface area (Å²) in [6.45, 7) is 3.21. The van der Waals surface area contributed by atoms with Crippen molar-refractivity contribution >= 4 is 46.4 Å². The first-order valence-electron chi connectivity index (χ1n) is 5.75. The molecular weight excluding hydrogens is 311 g/mol. The van der Waals surface area contributed by atoms with Gasteiger partial charge in [0.25, 0.3) is 0 Å². The lowest BCUT2D eigenvalue weighted by Crippen LogP contribution is -2.35. The molecule has 0 bridgehead atoms. The largest absolute Gasteiger partial charge is 0.395 e. The molecule has 2 N–H and O–H groups in total. The molecule has 19 heavy (non-hydrogen) atoms. The van der Waals surface area contributed by atoms with E-state index in [9.17, 15) is 4.79 Å². The Labute approximate surface area is 127 Å². The molecule has 4 nitrogen and oxygen atoms in total. The lowest BCUT2D eigenvalue weighted by molar-refractivity contribution is -0.117. The number of hydrogen-bond acceptors (Lipinski definition) is 3. The van der Waals surface area contributed by atoms with Gasteiger partial charge in [0.2, 0.25) is 5.91 Å². The smallest absolute Gasteiger partial charge is 0.238 e. The first-order chi connectivity index (χ1) is 8.97. The van der Waals surface area contributed by atoms with Gasteiger partial charge in [0.05, 0.1) is 33.9 Å². The molecule has 0 heterocycles. The third-order valence-corrected chi connectivity index (χ3v) is 3.55. The minimum absolute atomic E-state index is 0.00858. The van der Waals surface area contributed by atoms with Gasteiger partial charge in [0, 0.05) is 6.54 Å². The summed E-state index contributed by atoms with van der Waals surface area (Å²) in [6, 6.07) is 2.98. The van der Waals surface area contributed by atoms with Gasteiger partial charge in [-0.05, 0) is 18.7 Å². The van der Waals surface area contributed by atoms with Crippen molar-refractivity contribution in [2.24, 2.45) is 0 Å². The molecule has 7 heteroatoms. The van der Waals surface area contributed by atoms with E-state index in [2.05, 4.69) is 5.32 Å². The van der Waals surface area contributed by atoms with Gasteiger partial charge in [-0.1, -0.05) is 41.7 Å². The number of rotatable bonds is 6. The zero-order valence-corrected chi connectivity index (χ0v) is 12.7. The van der Waals surface area contributed by atoms with Crippen molar-refractivity contribution < 1.29 is 9.90 Å². The van der Waals surface area contributed by atoms with Gasteiger partial charge in [-0.15, -0.1) is 0 Å². The monoisotopic (exact) mass is 324 g/mol. The molecule has 0 saturated carbocycles. The summed E-state index contributed by atoms with van der Waals surface area (Å²) in [6.07, 6.45) is 0. The second-order valence-electron chi connectivity index (χ2n) is 3.89. The summed E-state index contributed by atoms with van der Waals surface area (Å²) in [5, 5.41) is 12.5. The van der Waals surface area contributed by atoms with Crippen LogP contribution in [0, 0.1) is 0 Å². The molecule has 0 atom stereocenters. The van der Waals surface area contributed by atoms with Crippen LogP contribution in [0.4, 0.5) is 5.69 Å². The van der Waals surface area contributed by atoms with E-state index >= 15 is 0 Å². The molecule has 0 radical (unpaired) electrons. The quantitative estimate of drug-likeness (QED) is 0.791. The maximum atomic E-state index is 11.8. The third kappa shape index (κ3) is 5.16. The Kier molecular flexibility index (Phi) is 6.89. The van der Waals surface area contributed by atoms with E-state index in [4.69, 9.17) is 39.9 Å². The highest BCUT2D eigenvalue weighted by Gasteiger charge is 2.12. The number of benzene rings is 1. The van der Waals surface area contributed by atoms with Gasteiger partial charge >= 0.3 is 0 Å². The Bertz CT molecular complexity index is 455. The molecule has 0 unspecified atom stereocenters. The van der Waals surface area contributed by atoms with Crippen LogP contribution < -0.4 is 5.32 Å². The van der Waals surface area contributed by atoms with Crippen molar-refractivity contribution in [2.75, 3.05) is 31.6 Å². The van der Waals surface area contributed by atoms with Crippen LogP contribution in [0.5, 0.6) is 0 Å². The van der Waals surface area contributed by atoms with Gasteiger partial charge in [-0.25, -0.2) is 0 Å². The Hall–Kier alpha value is -0.520. The Morgan fingerprint density at radius 1 is 1.26 bits per heavy atom. The van der Waals surface area contributed by atoms with Crippen molar-refractivity contribution in [2.45, 2.75) is 6.92 Å². The number of carbonyl (C=O) groups is 1. The fraction of sp³-hybridized carbons (Fsp3) is 0.417. The van der Waals surface area contributed by atoms with Crippen LogP contribution in [-0.2, 0) is 4.79 Å². The van der Waals surface area contributed by atoms with Crippen molar-refractivity contribution in [3.8, 4) is 0 Å². The number of aliphatic hydroxyl groups is 1. The number of aliphatic hydroxyl groups excluding tert-OH is 1. The summed E-state index contributed by atoms with van der Waals surface area (Å²) in [4.78, 5) is 13.6. The van der Waals surface area contributed by atoms with Crippen LogP contribution >= 0.6 is 34.8 Å². The zero-order chi connectivity index (χ0) is 14.4. The molecule has 1 aromatic rings. The summed E-state index contributed by atoms with van der Waals surface area (Å²) in [5.74, 6) is -0.226. The van der Waals surface area contributed by atoms with E-state index in [0.717, 1.165) is 0 Å². The average Bonchev–Trinajstić information content (AvgIpc) is 2.35. The number of likely N-dealkylation sites (N-methyl/N-ethyl adjacent to an activating group) is 1. The minimum atomic E-state index is -0.226. The summed E-state index contributed by atoms with van der Waals surface area (Å²) >= 11 is 17.6. The van der Waals surface area contributed by atoms with Crippen LogP contribution in [0.1, 0.15) is 6.92 Å². The van der Waals surface area contributed by atoms with Gasteiger partial charge in [0.1, 0.15) is 0 Å². The van der Waals surface area contributed by atoms with E-state index < -0.39 is 0 Å². The van der Waals surface area contributed by atoms with Crippen LogP contribution in [0.2, 0.25) is 15.1 Å². The van der Waals surface area contributed by atoms with Crippen LogP contribution in [0.3, 0.4) is 0 Å². The number of nitrogens with zero attached hydrogens (tertiary/aromatic N) is 1. The molecule has 0 saturated heterocycles. The molecule has 0 aliphatic rings. The SMILES string of the molecule is CCN(CCO)CC(=O)Nc1cc(Cl)c(Cl)cc1Cl.